The van der Waals surface area contributed by atoms with Crippen LogP contribution in [0.2, 0.25) is 0 Å². The molecular weight excluding hydrogens is 254 g/mol. The molecule has 1 heterocycles. The molecule has 0 saturated carbocycles. The van der Waals surface area contributed by atoms with E-state index < -0.39 is 0 Å². The van der Waals surface area contributed by atoms with Crippen molar-refractivity contribution in [2.75, 3.05) is 20.3 Å². The van der Waals surface area contributed by atoms with Crippen LogP contribution in [0.25, 0.3) is 0 Å². The quantitative estimate of drug-likeness (QED) is 0.802. The summed E-state index contributed by atoms with van der Waals surface area (Å²) in [6.45, 7) is 3.42. The number of nitrogens with one attached hydrogen (secondary N) is 1. The summed E-state index contributed by atoms with van der Waals surface area (Å²) in [7, 11) is 1.66. The molecule has 0 bridgehead atoms. The van der Waals surface area contributed by atoms with Crippen molar-refractivity contribution in [3.05, 3.63) is 23.8 Å². The van der Waals surface area contributed by atoms with Gasteiger partial charge in [-0.1, -0.05) is 13.0 Å². The van der Waals surface area contributed by atoms with E-state index in [0.717, 1.165) is 42.0 Å². The van der Waals surface area contributed by atoms with E-state index in [4.69, 9.17) is 15.2 Å². The maximum absolute atomic E-state index is 5.66. The van der Waals surface area contributed by atoms with Crippen molar-refractivity contribution >= 4 is 5.71 Å². The number of benzene rings is 1. The molecule has 1 unspecified atom stereocenters. The lowest BCUT2D eigenvalue weighted by Crippen LogP contribution is -2.11. The summed E-state index contributed by atoms with van der Waals surface area (Å²) in [4.78, 5) is 0. The van der Waals surface area contributed by atoms with Crippen molar-refractivity contribution < 1.29 is 9.47 Å². The molecule has 1 atom stereocenters. The predicted molar refractivity (Wildman–Crippen MR) is 80.4 cm³/mol. The summed E-state index contributed by atoms with van der Waals surface area (Å²) in [5.41, 5.74) is 11.0. The summed E-state index contributed by atoms with van der Waals surface area (Å²) in [6.07, 6.45) is 2.72. The molecule has 0 aromatic heterocycles. The molecule has 1 aromatic rings. The monoisotopic (exact) mass is 277 g/mol. The first kappa shape index (κ1) is 14.7. The lowest BCUT2D eigenvalue weighted by molar-refractivity contribution is 0.294. The van der Waals surface area contributed by atoms with Crippen LogP contribution in [0.15, 0.2) is 23.3 Å². The summed E-state index contributed by atoms with van der Waals surface area (Å²) in [5, 5.41) is 4.33. The molecule has 1 aliphatic heterocycles. The Bertz CT molecular complexity index is 474. The first-order chi connectivity index (χ1) is 9.78. The van der Waals surface area contributed by atoms with Crippen molar-refractivity contribution in [3.63, 3.8) is 0 Å². The second kappa shape index (κ2) is 7.14. The molecule has 3 N–H and O–H groups in total. The van der Waals surface area contributed by atoms with Gasteiger partial charge in [-0.05, 0) is 37.1 Å². The van der Waals surface area contributed by atoms with Crippen molar-refractivity contribution in [2.45, 2.75) is 32.2 Å². The van der Waals surface area contributed by atoms with E-state index in [1.807, 2.05) is 12.1 Å². The number of rotatable bonds is 7. The Kier molecular flexibility index (Phi) is 5.24. The fourth-order valence-electron chi connectivity index (χ4n) is 2.25. The van der Waals surface area contributed by atoms with Gasteiger partial charge in [0.25, 0.3) is 0 Å². The smallest absolute Gasteiger partial charge is 0.161 e. The molecule has 1 aliphatic rings. The fraction of sp³-hybridized carbons (Fsp3) is 0.533. The summed E-state index contributed by atoms with van der Waals surface area (Å²) in [6, 6.07) is 6.24. The van der Waals surface area contributed by atoms with Gasteiger partial charge in [0.05, 0.1) is 19.8 Å². The minimum atomic E-state index is 0.200. The highest BCUT2D eigenvalue weighted by molar-refractivity contribution is 5.86. The largest absolute Gasteiger partial charge is 0.493 e. The molecule has 110 valence electrons. The number of nitrogens with zero attached hydrogens (tertiary/aromatic N) is 1. The lowest BCUT2D eigenvalue weighted by Gasteiger charge is -2.15. The van der Waals surface area contributed by atoms with Gasteiger partial charge in [0.1, 0.15) is 0 Å². The van der Waals surface area contributed by atoms with E-state index in [2.05, 4.69) is 23.5 Å². The van der Waals surface area contributed by atoms with Gasteiger partial charge in [-0.15, -0.1) is 0 Å². The SMILES string of the molecule is CCCOc1ccc(C2CC(CCN)=NN2)cc1OC. The fourth-order valence-corrected chi connectivity index (χ4v) is 2.25. The molecule has 0 amide bonds. The minimum Gasteiger partial charge on any atom is -0.493 e. The van der Waals surface area contributed by atoms with Crippen LogP contribution in [-0.2, 0) is 0 Å². The Hall–Kier alpha value is -1.75. The Labute approximate surface area is 120 Å². The highest BCUT2D eigenvalue weighted by atomic mass is 16.5. The highest BCUT2D eigenvalue weighted by Crippen LogP contribution is 2.32. The van der Waals surface area contributed by atoms with Crippen molar-refractivity contribution in [1.82, 2.24) is 5.43 Å². The molecule has 5 heteroatoms. The first-order valence-electron chi connectivity index (χ1n) is 7.10. The summed E-state index contributed by atoms with van der Waals surface area (Å²) < 4.78 is 11.1. The predicted octanol–water partition coefficient (Wildman–Crippen LogP) is 2.22. The van der Waals surface area contributed by atoms with Gasteiger partial charge < -0.3 is 20.6 Å². The number of methoxy groups -OCH3 is 1. The van der Waals surface area contributed by atoms with Crippen LogP contribution in [-0.4, -0.2) is 26.0 Å². The molecule has 0 saturated heterocycles. The van der Waals surface area contributed by atoms with Gasteiger partial charge in [-0.25, -0.2) is 0 Å². The van der Waals surface area contributed by atoms with Crippen LogP contribution in [0, 0.1) is 0 Å². The summed E-state index contributed by atoms with van der Waals surface area (Å²) >= 11 is 0. The Balaban J connectivity index is 2.07. The molecule has 0 fully saturated rings. The van der Waals surface area contributed by atoms with Crippen LogP contribution in [0.4, 0.5) is 0 Å². The zero-order valence-electron chi connectivity index (χ0n) is 12.2. The maximum Gasteiger partial charge on any atom is 0.161 e. The Morgan fingerprint density at radius 3 is 2.95 bits per heavy atom. The topological polar surface area (TPSA) is 68.9 Å². The molecule has 0 spiro atoms. The van der Waals surface area contributed by atoms with Crippen LogP contribution < -0.4 is 20.6 Å². The molecule has 5 nitrogen and oxygen atoms in total. The molecule has 0 radical (unpaired) electrons. The van der Waals surface area contributed by atoms with Crippen LogP contribution in [0.5, 0.6) is 11.5 Å². The molecular formula is C15H23N3O2. The van der Waals surface area contributed by atoms with E-state index in [1.54, 1.807) is 7.11 Å². The Morgan fingerprint density at radius 1 is 1.40 bits per heavy atom. The van der Waals surface area contributed by atoms with Crippen LogP contribution in [0.3, 0.4) is 0 Å². The first-order valence-corrected chi connectivity index (χ1v) is 7.10. The third-order valence-corrected chi connectivity index (χ3v) is 3.30. The molecule has 1 aromatic carbocycles. The number of hydrogen-bond acceptors (Lipinski definition) is 5. The average molecular weight is 277 g/mol. The Morgan fingerprint density at radius 2 is 2.25 bits per heavy atom. The third-order valence-electron chi connectivity index (χ3n) is 3.30. The average Bonchev–Trinajstić information content (AvgIpc) is 2.94. The zero-order chi connectivity index (χ0) is 14.4. The normalized spacial score (nSPS) is 17.6. The van der Waals surface area contributed by atoms with Crippen molar-refractivity contribution in [2.24, 2.45) is 10.8 Å². The van der Waals surface area contributed by atoms with Gasteiger partial charge in [0.2, 0.25) is 0 Å². The van der Waals surface area contributed by atoms with E-state index in [9.17, 15) is 0 Å². The zero-order valence-corrected chi connectivity index (χ0v) is 12.2. The summed E-state index contributed by atoms with van der Waals surface area (Å²) in [5.74, 6) is 1.56. The van der Waals surface area contributed by atoms with Gasteiger partial charge in [0.15, 0.2) is 11.5 Å². The molecule has 2 rings (SSSR count). The standard InChI is InChI=1S/C15H23N3O2/c1-3-8-20-14-5-4-11(9-15(14)19-2)13-10-12(6-7-16)17-18-13/h4-5,9,13,18H,3,6-8,10,16H2,1-2H3. The minimum absolute atomic E-state index is 0.200. The van der Waals surface area contributed by atoms with E-state index in [0.29, 0.717) is 13.2 Å². The lowest BCUT2D eigenvalue weighted by atomic mass is 10.0. The highest BCUT2D eigenvalue weighted by Gasteiger charge is 2.20. The van der Waals surface area contributed by atoms with Gasteiger partial charge in [-0.2, -0.15) is 5.10 Å². The van der Waals surface area contributed by atoms with Gasteiger partial charge in [-0.3, -0.25) is 0 Å². The second-order valence-corrected chi connectivity index (χ2v) is 4.86. The number of ether oxygens (including phenoxy) is 2. The van der Waals surface area contributed by atoms with Gasteiger partial charge in [0, 0.05) is 12.1 Å². The number of hydrazone groups is 1. The molecule has 0 aliphatic carbocycles. The number of nitrogens with two attached hydrogens (primary N) is 1. The van der Waals surface area contributed by atoms with E-state index in [1.165, 1.54) is 0 Å². The maximum atomic E-state index is 5.66. The van der Waals surface area contributed by atoms with Crippen molar-refractivity contribution in [3.8, 4) is 11.5 Å². The van der Waals surface area contributed by atoms with Crippen molar-refractivity contribution in [1.29, 1.82) is 0 Å². The van der Waals surface area contributed by atoms with E-state index >= 15 is 0 Å². The van der Waals surface area contributed by atoms with Gasteiger partial charge >= 0.3 is 0 Å². The third kappa shape index (κ3) is 3.42. The number of hydrogen-bond donors (Lipinski definition) is 2. The van der Waals surface area contributed by atoms with Crippen LogP contribution >= 0.6 is 0 Å². The molecule has 20 heavy (non-hydrogen) atoms. The van der Waals surface area contributed by atoms with E-state index in [-0.39, 0.29) is 6.04 Å². The second-order valence-electron chi connectivity index (χ2n) is 4.86. The van der Waals surface area contributed by atoms with Crippen LogP contribution in [0.1, 0.15) is 37.8 Å².